The van der Waals surface area contributed by atoms with Crippen molar-refractivity contribution in [1.29, 1.82) is 5.26 Å². The lowest BCUT2D eigenvalue weighted by atomic mass is 10.1. The largest absolute Gasteiger partial charge is 0.335 e. The molecule has 2 N–H and O–H groups in total. The van der Waals surface area contributed by atoms with Gasteiger partial charge in [0.1, 0.15) is 5.54 Å². The molecule has 0 aliphatic rings. The molecule has 1 aromatic carbocycles. The monoisotopic (exact) mass is 364 g/mol. The van der Waals surface area contributed by atoms with Crippen LogP contribution in [-0.4, -0.2) is 44.0 Å². The van der Waals surface area contributed by atoms with Crippen molar-refractivity contribution in [3.8, 4) is 17.5 Å². The Balaban J connectivity index is 2.12. The van der Waals surface area contributed by atoms with E-state index in [1.165, 1.54) is 9.58 Å². The van der Waals surface area contributed by atoms with Crippen molar-refractivity contribution >= 4 is 29.3 Å². The van der Waals surface area contributed by atoms with Gasteiger partial charge in [0.05, 0.1) is 16.8 Å². The third kappa shape index (κ3) is 3.63. The van der Waals surface area contributed by atoms with Crippen LogP contribution in [0.1, 0.15) is 13.8 Å². The topological polar surface area (TPSA) is 101 Å². The number of nitrogen functional groups attached to an aromatic ring is 1. The summed E-state index contributed by atoms with van der Waals surface area (Å²) in [4.78, 5) is 13.6. The first kappa shape index (κ1) is 18.1. The molecule has 2 rings (SSSR count). The quantitative estimate of drug-likeness (QED) is 0.644. The second kappa shape index (κ2) is 7.11. The van der Waals surface area contributed by atoms with Crippen LogP contribution in [0.4, 0.5) is 0 Å². The van der Waals surface area contributed by atoms with Crippen molar-refractivity contribution in [3.63, 3.8) is 0 Å². The van der Waals surface area contributed by atoms with Crippen LogP contribution < -0.4 is 5.84 Å². The number of amides is 1. The van der Waals surface area contributed by atoms with Gasteiger partial charge in [-0.3, -0.25) is 4.79 Å². The van der Waals surface area contributed by atoms with Crippen molar-refractivity contribution in [2.24, 2.45) is 0 Å². The number of thioether (sulfide) groups is 1. The maximum atomic E-state index is 12.2. The minimum absolute atomic E-state index is 0.0967. The molecule has 0 radical (unpaired) electrons. The third-order valence-electron chi connectivity index (χ3n) is 3.59. The highest BCUT2D eigenvalue weighted by molar-refractivity contribution is 7.99. The summed E-state index contributed by atoms with van der Waals surface area (Å²) in [6, 6.07) is 9.25. The lowest BCUT2D eigenvalue weighted by Crippen LogP contribution is -2.44. The summed E-state index contributed by atoms with van der Waals surface area (Å²) in [5, 5.41) is 18.0. The molecule has 0 saturated carbocycles. The van der Waals surface area contributed by atoms with Crippen molar-refractivity contribution in [2.45, 2.75) is 24.5 Å². The maximum absolute atomic E-state index is 12.2. The predicted octanol–water partition coefficient (Wildman–Crippen LogP) is 2.16. The van der Waals surface area contributed by atoms with E-state index in [0.29, 0.717) is 21.6 Å². The van der Waals surface area contributed by atoms with Gasteiger partial charge >= 0.3 is 0 Å². The zero-order valence-corrected chi connectivity index (χ0v) is 15.1. The van der Waals surface area contributed by atoms with Gasteiger partial charge in [0.15, 0.2) is 5.82 Å². The summed E-state index contributed by atoms with van der Waals surface area (Å²) >= 11 is 7.29. The Morgan fingerprint density at radius 2 is 2.12 bits per heavy atom. The van der Waals surface area contributed by atoms with Gasteiger partial charge in [-0.1, -0.05) is 35.5 Å². The maximum Gasteiger partial charge on any atom is 0.234 e. The van der Waals surface area contributed by atoms with Crippen LogP contribution in [0.25, 0.3) is 11.4 Å². The number of hydrogen-bond acceptors (Lipinski definition) is 6. The van der Waals surface area contributed by atoms with Crippen LogP contribution in [0.15, 0.2) is 29.4 Å². The van der Waals surface area contributed by atoms with E-state index in [0.717, 1.165) is 11.8 Å². The molecular weight excluding hydrogens is 348 g/mol. The van der Waals surface area contributed by atoms with E-state index in [1.807, 2.05) is 12.1 Å². The van der Waals surface area contributed by atoms with E-state index in [9.17, 15) is 4.79 Å². The number of halogens is 1. The van der Waals surface area contributed by atoms with E-state index in [1.54, 1.807) is 33.0 Å². The standard InChI is InChI=1S/C15H17ClN6OS/c1-15(2,9-17)21(3)12(23)8-24-14-20-19-13(22(14)18)10-6-4-5-7-11(10)16/h4-7H,8,18H2,1-3H3. The smallest absolute Gasteiger partial charge is 0.234 e. The molecule has 0 fully saturated rings. The molecule has 0 aliphatic heterocycles. The summed E-state index contributed by atoms with van der Waals surface area (Å²) in [5.41, 5.74) is -0.216. The molecule has 1 heterocycles. The van der Waals surface area contributed by atoms with Gasteiger partial charge in [0.2, 0.25) is 11.1 Å². The van der Waals surface area contributed by atoms with Crippen LogP contribution >= 0.6 is 23.4 Å². The van der Waals surface area contributed by atoms with Gasteiger partial charge in [0.25, 0.3) is 0 Å². The molecule has 1 amide bonds. The number of carbonyl (C=O) groups excluding carboxylic acids is 1. The molecule has 9 heteroatoms. The zero-order chi connectivity index (χ0) is 17.9. The summed E-state index contributed by atoms with van der Waals surface area (Å²) in [6.07, 6.45) is 0. The lowest BCUT2D eigenvalue weighted by molar-refractivity contribution is -0.130. The van der Waals surface area contributed by atoms with Crippen LogP contribution in [0, 0.1) is 11.3 Å². The third-order valence-corrected chi connectivity index (χ3v) is 4.85. The van der Waals surface area contributed by atoms with Gasteiger partial charge in [-0.2, -0.15) is 5.26 Å². The number of benzene rings is 1. The molecule has 1 aromatic heterocycles. The van der Waals surface area contributed by atoms with Crippen LogP contribution in [0.5, 0.6) is 0 Å². The Bertz CT molecular complexity index is 798. The molecule has 0 spiro atoms. The minimum Gasteiger partial charge on any atom is -0.335 e. The zero-order valence-electron chi connectivity index (χ0n) is 13.5. The number of carbonyl (C=O) groups is 1. The van der Waals surface area contributed by atoms with Gasteiger partial charge in [0, 0.05) is 12.6 Å². The van der Waals surface area contributed by atoms with Crippen LogP contribution in [0.2, 0.25) is 5.02 Å². The molecule has 0 unspecified atom stereocenters. The molecule has 2 aromatic rings. The molecule has 24 heavy (non-hydrogen) atoms. The van der Waals surface area contributed by atoms with Crippen LogP contribution in [-0.2, 0) is 4.79 Å². The molecule has 0 saturated heterocycles. The fourth-order valence-electron chi connectivity index (χ4n) is 1.81. The Morgan fingerprint density at radius 1 is 1.46 bits per heavy atom. The molecule has 7 nitrogen and oxygen atoms in total. The minimum atomic E-state index is -0.878. The van der Waals surface area contributed by atoms with Gasteiger partial charge in [-0.05, 0) is 26.0 Å². The second-order valence-electron chi connectivity index (χ2n) is 5.57. The fraction of sp³-hybridized carbons (Fsp3) is 0.333. The fourth-order valence-corrected chi connectivity index (χ4v) is 2.80. The number of rotatable bonds is 5. The van der Waals surface area contributed by atoms with E-state index >= 15 is 0 Å². The van der Waals surface area contributed by atoms with E-state index in [2.05, 4.69) is 16.3 Å². The Hall–Kier alpha value is -2.24. The molecular formula is C15H17ClN6OS. The van der Waals surface area contributed by atoms with E-state index in [-0.39, 0.29) is 11.7 Å². The van der Waals surface area contributed by atoms with E-state index < -0.39 is 5.54 Å². The lowest BCUT2D eigenvalue weighted by Gasteiger charge is -2.28. The van der Waals surface area contributed by atoms with E-state index in [4.69, 9.17) is 22.7 Å². The number of hydrogen-bond donors (Lipinski definition) is 1. The highest BCUT2D eigenvalue weighted by Crippen LogP contribution is 2.27. The first-order chi connectivity index (χ1) is 11.3. The molecule has 0 atom stereocenters. The molecule has 0 aliphatic carbocycles. The molecule has 0 bridgehead atoms. The van der Waals surface area contributed by atoms with Gasteiger partial charge in [-0.25, -0.2) is 4.68 Å². The van der Waals surface area contributed by atoms with Gasteiger partial charge < -0.3 is 10.7 Å². The summed E-state index contributed by atoms with van der Waals surface area (Å²) in [7, 11) is 1.59. The average molecular weight is 365 g/mol. The average Bonchev–Trinajstić information content (AvgIpc) is 2.93. The number of nitrogens with zero attached hydrogens (tertiary/aromatic N) is 5. The number of nitrogens with two attached hydrogens (primary N) is 1. The van der Waals surface area contributed by atoms with Crippen molar-refractivity contribution in [2.75, 3.05) is 18.6 Å². The van der Waals surface area contributed by atoms with Gasteiger partial charge in [-0.15, -0.1) is 10.2 Å². The molecule has 126 valence electrons. The Labute approximate surface area is 149 Å². The predicted molar refractivity (Wildman–Crippen MR) is 93.8 cm³/mol. The van der Waals surface area contributed by atoms with Crippen molar-refractivity contribution < 1.29 is 4.79 Å². The highest BCUT2D eigenvalue weighted by Gasteiger charge is 2.27. The summed E-state index contributed by atoms with van der Waals surface area (Å²) < 4.78 is 1.30. The Kier molecular flexibility index (Phi) is 5.36. The number of aromatic nitrogens is 3. The van der Waals surface area contributed by atoms with Crippen molar-refractivity contribution in [1.82, 2.24) is 19.8 Å². The summed E-state index contributed by atoms with van der Waals surface area (Å²) in [5.74, 6) is 6.33. The van der Waals surface area contributed by atoms with Crippen molar-refractivity contribution in [3.05, 3.63) is 29.3 Å². The normalized spacial score (nSPS) is 11.1. The van der Waals surface area contributed by atoms with Crippen LogP contribution in [0.3, 0.4) is 0 Å². The Morgan fingerprint density at radius 3 is 2.75 bits per heavy atom. The number of nitriles is 1. The first-order valence-corrected chi connectivity index (χ1v) is 8.40. The SMILES string of the molecule is CN(C(=O)CSc1nnc(-c2ccccc2Cl)n1N)C(C)(C)C#N. The second-order valence-corrected chi connectivity index (χ2v) is 6.92. The summed E-state index contributed by atoms with van der Waals surface area (Å²) in [6.45, 7) is 3.35. The highest BCUT2D eigenvalue weighted by atomic mass is 35.5. The first-order valence-electron chi connectivity index (χ1n) is 7.04.